The first kappa shape index (κ1) is 10.9. The van der Waals surface area contributed by atoms with Crippen molar-refractivity contribution in [2.75, 3.05) is 6.54 Å². The van der Waals surface area contributed by atoms with E-state index in [0.717, 1.165) is 0 Å². The van der Waals surface area contributed by atoms with E-state index in [1.54, 1.807) is 6.92 Å². The third-order valence-electron chi connectivity index (χ3n) is 1.30. The topological polar surface area (TPSA) is 113 Å². The lowest BCUT2D eigenvalue weighted by Crippen LogP contribution is -2.51. The van der Waals surface area contributed by atoms with Gasteiger partial charge in [0.15, 0.2) is 6.10 Å². The maximum atomic E-state index is 10.4. The molecule has 0 aromatic rings. The summed E-state index contributed by atoms with van der Waals surface area (Å²) in [5.41, 5.74) is 4.71. The highest BCUT2D eigenvalue weighted by Crippen LogP contribution is 1.92. The van der Waals surface area contributed by atoms with Gasteiger partial charge in [0.1, 0.15) is 6.04 Å². The molecule has 6 nitrogen and oxygen atoms in total. The monoisotopic (exact) mass is 176 g/mol. The summed E-state index contributed by atoms with van der Waals surface area (Å²) in [6.07, 6.45) is -1.69. The van der Waals surface area contributed by atoms with Crippen LogP contribution >= 0.6 is 0 Å². The van der Waals surface area contributed by atoms with Crippen molar-refractivity contribution in [1.29, 1.82) is 0 Å². The molecule has 0 aliphatic heterocycles. The fraction of sp³-hybridized carbons (Fsp3) is 0.667. The van der Waals surface area contributed by atoms with Gasteiger partial charge in [0.25, 0.3) is 0 Å². The van der Waals surface area contributed by atoms with Crippen LogP contribution in [0.1, 0.15) is 6.92 Å². The number of carbonyl (C=O) groups is 2. The summed E-state index contributed by atoms with van der Waals surface area (Å²) in [5, 5.41) is 19.9. The zero-order valence-corrected chi connectivity index (χ0v) is 6.65. The minimum absolute atomic E-state index is 0.335. The summed E-state index contributed by atoms with van der Waals surface area (Å²) >= 11 is 0. The van der Waals surface area contributed by atoms with Gasteiger partial charge in [-0.2, -0.15) is 0 Å². The van der Waals surface area contributed by atoms with Crippen molar-refractivity contribution in [3.8, 4) is 0 Å². The van der Waals surface area contributed by atoms with Gasteiger partial charge < -0.3 is 21.3 Å². The van der Waals surface area contributed by atoms with E-state index in [1.807, 2.05) is 0 Å². The molecule has 0 aromatic carbocycles. The van der Waals surface area contributed by atoms with E-state index >= 15 is 0 Å². The number of likely N-dealkylation sites (N-methyl/N-ethyl adjacent to an activating group) is 1. The van der Waals surface area contributed by atoms with E-state index < -0.39 is 24.0 Å². The Balaban J connectivity index is 4.28. The average molecular weight is 176 g/mol. The Labute approximate surface area is 69.4 Å². The predicted molar refractivity (Wildman–Crippen MR) is 40.3 cm³/mol. The molecule has 0 aliphatic rings. The smallest absolute Gasteiger partial charge is 0.323 e. The zero-order chi connectivity index (χ0) is 9.72. The molecule has 0 aliphatic carbocycles. The number of carbonyl (C=O) groups excluding carboxylic acids is 1. The lowest BCUT2D eigenvalue weighted by atomic mass is 10.1. The number of nitrogens with two attached hydrogens (primary N) is 1. The van der Waals surface area contributed by atoms with Gasteiger partial charge in [0, 0.05) is 0 Å². The normalized spacial score (nSPS) is 15.2. The van der Waals surface area contributed by atoms with Crippen LogP contribution < -0.4 is 11.1 Å². The summed E-state index contributed by atoms with van der Waals surface area (Å²) in [5.74, 6) is -2.36. The Morgan fingerprint density at radius 1 is 1.58 bits per heavy atom. The first-order valence-corrected chi connectivity index (χ1v) is 3.44. The summed E-state index contributed by atoms with van der Waals surface area (Å²) in [4.78, 5) is 20.8. The molecular formula is C6H12N2O4. The van der Waals surface area contributed by atoms with Crippen LogP contribution in [0.15, 0.2) is 0 Å². The molecule has 0 radical (unpaired) electrons. The molecule has 0 bridgehead atoms. The van der Waals surface area contributed by atoms with Crippen LogP contribution in [0.25, 0.3) is 0 Å². The van der Waals surface area contributed by atoms with Crippen molar-refractivity contribution >= 4 is 11.9 Å². The van der Waals surface area contributed by atoms with E-state index in [-0.39, 0.29) is 0 Å². The van der Waals surface area contributed by atoms with E-state index in [2.05, 4.69) is 5.32 Å². The van der Waals surface area contributed by atoms with Crippen molar-refractivity contribution in [2.24, 2.45) is 5.73 Å². The Morgan fingerprint density at radius 2 is 2.08 bits per heavy atom. The van der Waals surface area contributed by atoms with E-state index in [4.69, 9.17) is 15.9 Å². The van der Waals surface area contributed by atoms with Crippen LogP contribution in [-0.4, -0.2) is 40.8 Å². The third-order valence-corrected chi connectivity index (χ3v) is 1.30. The average Bonchev–Trinajstić information content (AvgIpc) is 1.98. The molecule has 0 fully saturated rings. The molecule has 6 heteroatoms. The number of aliphatic hydroxyl groups is 1. The molecule has 0 saturated heterocycles. The summed E-state index contributed by atoms with van der Waals surface area (Å²) in [7, 11) is 0. The fourth-order valence-electron chi connectivity index (χ4n) is 0.718. The predicted octanol–water partition coefficient (Wildman–Crippen LogP) is -2.10. The molecule has 0 spiro atoms. The quantitative estimate of drug-likeness (QED) is 0.383. The standard InChI is InChI=1S/C6H12N2O4/c1-2-8-3(6(11)12)4(9)5(7)10/h3-4,8-9H,2H2,1H3,(H2,7,10)(H,11,12). The summed E-state index contributed by atoms with van der Waals surface area (Å²) in [6.45, 7) is 1.99. The SMILES string of the molecule is CCNC(C(=O)O)C(O)C(N)=O. The van der Waals surface area contributed by atoms with E-state index in [9.17, 15) is 9.59 Å². The zero-order valence-electron chi connectivity index (χ0n) is 6.65. The first-order chi connectivity index (χ1) is 5.50. The number of hydrogen-bond donors (Lipinski definition) is 4. The van der Waals surface area contributed by atoms with Gasteiger partial charge in [-0.3, -0.25) is 9.59 Å². The van der Waals surface area contributed by atoms with Crippen LogP contribution in [0.5, 0.6) is 0 Å². The molecule has 12 heavy (non-hydrogen) atoms. The van der Waals surface area contributed by atoms with Crippen LogP contribution in [0.4, 0.5) is 0 Å². The van der Waals surface area contributed by atoms with Crippen molar-refractivity contribution in [2.45, 2.75) is 19.1 Å². The Bertz CT molecular complexity index is 182. The molecule has 0 rings (SSSR count). The van der Waals surface area contributed by atoms with E-state index in [1.165, 1.54) is 0 Å². The molecule has 2 atom stereocenters. The second-order valence-corrected chi connectivity index (χ2v) is 2.22. The van der Waals surface area contributed by atoms with Gasteiger partial charge in [0.05, 0.1) is 0 Å². The number of carboxylic acids is 1. The van der Waals surface area contributed by atoms with Crippen LogP contribution in [-0.2, 0) is 9.59 Å². The van der Waals surface area contributed by atoms with E-state index in [0.29, 0.717) is 6.54 Å². The molecule has 2 unspecified atom stereocenters. The highest BCUT2D eigenvalue weighted by Gasteiger charge is 2.29. The van der Waals surface area contributed by atoms with Crippen molar-refractivity contribution < 1.29 is 19.8 Å². The Kier molecular flexibility index (Phi) is 4.24. The van der Waals surface area contributed by atoms with Gasteiger partial charge in [-0.15, -0.1) is 0 Å². The number of amides is 1. The first-order valence-electron chi connectivity index (χ1n) is 3.44. The maximum Gasteiger partial charge on any atom is 0.323 e. The molecule has 5 N–H and O–H groups in total. The van der Waals surface area contributed by atoms with Crippen molar-refractivity contribution in [3.63, 3.8) is 0 Å². The van der Waals surface area contributed by atoms with Crippen LogP contribution in [0.2, 0.25) is 0 Å². The summed E-state index contributed by atoms with van der Waals surface area (Å²) in [6, 6.07) is -1.33. The van der Waals surface area contributed by atoms with Crippen molar-refractivity contribution in [1.82, 2.24) is 5.32 Å². The molecule has 0 heterocycles. The number of carboxylic acid groups (broad SMARTS) is 1. The molecule has 0 aromatic heterocycles. The molecule has 0 saturated carbocycles. The van der Waals surface area contributed by atoms with Crippen LogP contribution in [0.3, 0.4) is 0 Å². The largest absolute Gasteiger partial charge is 0.480 e. The minimum atomic E-state index is -1.69. The third kappa shape index (κ3) is 2.85. The lowest BCUT2D eigenvalue weighted by molar-refractivity contribution is -0.146. The number of hydrogen-bond acceptors (Lipinski definition) is 4. The summed E-state index contributed by atoms with van der Waals surface area (Å²) < 4.78 is 0. The second kappa shape index (κ2) is 4.68. The fourth-order valence-corrected chi connectivity index (χ4v) is 0.718. The highest BCUT2D eigenvalue weighted by atomic mass is 16.4. The number of nitrogens with one attached hydrogen (secondary N) is 1. The number of primary amides is 1. The van der Waals surface area contributed by atoms with Gasteiger partial charge in [-0.05, 0) is 6.54 Å². The second-order valence-electron chi connectivity index (χ2n) is 2.22. The highest BCUT2D eigenvalue weighted by molar-refractivity contribution is 5.87. The molecule has 70 valence electrons. The maximum absolute atomic E-state index is 10.4. The number of aliphatic hydroxyl groups excluding tert-OH is 1. The van der Waals surface area contributed by atoms with Gasteiger partial charge in [-0.25, -0.2) is 0 Å². The van der Waals surface area contributed by atoms with Crippen LogP contribution in [0, 0.1) is 0 Å². The lowest BCUT2D eigenvalue weighted by Gasteiger charge is -2.16. The molecule has 1 amide bonds. The van der Waals surface area contributed by atoms with Crippen molar-refractivity contribution in [3.05, 3.63) is 0 Å². The Hall–Kier alpha value is -1.14. The number of aliphatic carboxylic acids is 1. The van der Waals surface area contributed by atoms with Gasteiger partial charge in [0.2, 0.25) is 5.91 Å². The Morgan fingerprint density at radius 3 is 2.33 bits per heavy atom. The van der Waals surface area contributed by atoms with Gasteiger partial charge in [-0.1, -0.05) is 6.92 Å². The minimum Gasteiger partial charge on any atom is -0.480 e. The number of rotatable bonds is 5. The van der Waals surface area contributed by atoms with Gasteiger partial charge >= 0.3 is 5.97 Å². The molecular weight excluding hydrogens is 164 g/mol.